The molecule has 11 nitrogen and oxygen atoms in total. The molecule has 1 rings (SSSR count). The van der Waals surface area contributed by atoms with Crippen molar-refractivity contribution in [1.29, 1.82) is 0 Å². The minimum absolute atomic E-state index is 0.0337. The largest absolute Gasteiger partial charge is 0.444 e. The number of primary amides is 1. The van der Waals surface area contributed by atoms with E-state index in [1.54, 1.807) is 50.5 Å². The van der Waals surface area contributed by atoms with Crippen LogP contribution in [-0.2, 0) is 25.6 Å². The quantitative estimate of drug-likeness (QED) is 0.340. The number of amides is 4. The van der Waals surface area contributed by atoms with Gasteiger partial charge >= 0.3 is 18.1 Å². The molecule has 11 heteroatoms. The summed E-state index contributed by atoms with van der Waals surface area (Å²) in [6, 6.07) is 5.64. The second kappa shape index (κ2) is 12.6. The summed E-state index contributed by atoms with van der Waals surface area (Å²) < 4.78 is 5.24. The lowest BCUT2D eigenvalue weighted by Gasteiger charge is -2.27. The fourth-order valence-corrected chi connectivity index (χ4v) is 2.87. The first-order valence-electron chi connectivity index (χ1n) is 10.6. The fourth-order valence-electron chi connectivity index (χ4n) is 2.87. The van der Waals surface area contributed by atoms with E-state index in [4.69, 9.17) is 10.5 Å². The number of nitrogens with two attached hydrogens (primary N) is 1. The van der Waals surface area contributed by atoms with E-state index in [0.717, 1.165) is 5.56 Å². The Morgan fingerprint density at radius 2 is 1.67 bits per heavy atom. The van der Waals surface area contributed by atoms with Gasteiger partial charge in [-0.1, -0.05) is 44.2 Å². The van der Waals surface area contributed by atoms with E-state index in [1.807, 2.05) is 19.9 Å². The maximum atomic E-state index is 12.8. The second-order valence-electron chi connectivity index (χ2n) is 8.97. The standard InChI is InChI=1S/C22H34N4O7/c1-13(2)11-16(19(29)33-26-20(23)30)24-18(28)17(27)15(12-14-9-7-6-8-10-14)25-21(31)32-22(3,4)5/h6-10,13,15-17,27H,11-12H2,1-5H3,(H,24,28)(H,25,31)(H3,23,26,30). The molecule has 3 atom stereocenters. The Morgan fingerprint density at radius 1 is 1.06 bits per heavy atom. The zero-order valence-corrected chi connectivity index (χ0v) is 19.6. The third-order valence-corrected chi connectivity index (χ3v) is 4.21. The Bertz CT molecular complexity index is 809. The summed E-state index contributed by atoms with van der Waals surface area (Å²) >= 11 is 0. The molecule has 0 aliphatic rings. The molecule has 0 heterocycles. The van der Waals surface area contributed by atoms with Gasteiger partial charge in [0.1, 0.15) is 11.6 Å². The molecule has 1 aromatic rings. The topological polar surface area (TPSA) is 169 Å². The lowest BCUT2D eigenvalue weighted by Crippen LogP contribution is -2.55. The van der Waals surface area contributed by atoms with Gasteiger partial charge in [-0.25, -0.2) is 14.4 Å². The summed E-state index contributed by atoms with van der Waals surface area (Å²) in [6.45, 7) is 8.68. The number of ether oxygens (including phenoxy) is 1. The molecule has 4 amide bonds. The van der Waals surface area contributed by atoms with Crippen LogP contribution in [0.5, 0.6) is 0 Å². The summed E-state index contributed by atoms with van der Waals surface area (Å²) in [5, 5.41) is 15.7. The first-order valence-corrected chi connectivity index (χ1v) is 10.6. The van der Waals surface area contributed by atoms with Crippen molar-refractivity contribution in [2.45, 2.75) is 71.2 Å². The maximum Gasteiger partial charge on any atom is 0.407 e. The molecule has 0 radical (unpaired) electrons. The highest BCUT2D eigenvalue weighted by Crippen LogP contribution is 2.12. The number of benzene rings is 1. The van der Waals surface area contributed by atoms with Crippen molar-refractivity contribution >= 4 is 24.0 Å². The van der Waals surface area contributed by atoms with Crippen LogP contribution in [0, 0.1) is 5.92 Å². The van der Waals surface area contributed by atoms with Gasteiger partial charge in [0.25, 0.3) is 5.91 Å². The zero-order chi connectivity index (χ0) is 25.2. The first kappa shape index (κ1) is 27.7. The van der Waals surface area contributed by atoms with Crippen LogP contribution in [0.2, 0.25) is 0 Å². The molecule has 0 fully saturated rings. The fraction of sp³-hybridized carbons (Fsp3) is 0.545. The molecule has 1 aromatic carbocycles. The Kier molecular flexibility index (Phi) is 10.6. The van der Waals surface area contributed by atoms with Crippen molar-refractivity contribution in [3.05, 3.63) is 35.9 Å². The minimum Gasteiger partial charge on any atom is -0.444 e. The number of urea groups is 1. The normalized spacial score (nSPS) is 13.9. The van der Waals surface area contributed by atoms with Crippen LogP contribution in [0.15, 0.2) is 30.3 Å². The van der Waals surface area contributed by atoms with E-state index >= 15 is 0 Å². The van der Waals surface area contributed by atoms with Crippen molar-refractivity contribution in [2.75, 3.05) is 0 Å². The van der Waals surface area contributed by atoms with Crippen molar-refractivity contribution < 1.29 is 33.9 Å². The molecule has 0 saturated carbocycles. The lowest BCUT2D eigenvalue weighted by atomic mass is 9.99. The van der Waals surface area contributed by atoms with Crippen LogP contribution in [0.1, 0.15) is 46.6 Å². The average molecular weight is 467 g/mol. The van der Waals surface area contributed by atoms with E-state index in [-0.39, 0.29) is 18.8 Å². The van der Waals surface area contributed by atoms with Gasteiger partial charge in [-0.2, -0.15) is 5.48 Å². The highest BCUT2D eigenvalue weighted by atomic mass is 16.7. The molecular weight excluding hydrogens is 432 g/mol. The molecule has 6 N–H and O–H groups in total. The van der Waals surface area contributed by atoms with Gasteiger partial charge in [-0.3, -0.25) is 4.79 Å². The number of nitrogens with one attached hydrogen (secondary N) is 3. The number of hydroxylamine groups is 1. The third kappa shape index (κ3) is 11.2. The zero-order valence-electron chi connectivity index (χ0n) is 19.6. The van der Waals surface area contributed by atoms with Gasteiger partial charge < -0.3 is 31.0 Å². The van der Waals surface area contributed by atoms with Crippen LogP contribution in [0.25, 0.3) is 0 Å². The van der Waals surface area contributed by atoms with E-state index in [9.17, 15) is 24.3 Å². The van der Waals surface area contributed by atoms with E-state index in [1.165, 1.54) is 0 Å². The molecule has 3 unspecified atom stereocenters. The van der Waals surface area contributed by atoms with E-state index in [0.29, 0.717) is 0 Å². The van der Waals surface area contributed by atoms with Gasteiger partial charge in [-0.15, -0.1) is 0 Å². The van der Waals surface area contributed by atoms with Gasteiger partial charge in [0.05, 0.1) is 6.04 Å². The average Bonchev–Trinajstić information content (AvgIpc) is 2.69. The number of carbonyl (C=O) groups is 4. The third-order valence-electron chi connectivity index (χ3n) is 4.21. The summed E-state index contributed by atoms with van der Waals surface area (Å²) in [6.07, 6.45) is -2.24. The van der Waals surface area contributed by atoms with Crippen molar-refractivity contribution in [2.24, 2.45) is 11.7 Å². The molecular formula is C22H34N4O7. The number of aliphatic hydroxyl groups excluding tert-OH is 1. The Hall–Kier alpha value is -3.34. The van der Waals surface area contributed by atoms with Gasteiger partial charge in [0.15, 0.2) is 6.10 Å². The van der Waals surface area contributed by atoms with Crippen molar-refractivity contribution in [1.82, 2.24) is 16.1 Å². The molecule has 184 valence electrons. The summed E-state index contributed by atoms with van der Waals surface area (Å²) in [4.78, 5) is 52.7. The SMILES string of the molecule is CC(C)CC(NC(=O)C(O)C(Cc1ccccc1)NC(=O)OC(C)(C)C)C(=O)ONC(N)=O. The second-order valence-corrected chi connectivity index (χ2v) is 8.97. The van der Waals surface area contributed by atoms with Gasteiger partial charge in [0.2, 0.25) is 0 Å². The smallest absolute Gasteiger partial charge is 0.407 e. The maximum absolute atomic E-state index is 12.8. The number of hydrogen-bond donors (Lipinski definition) is 5. The number of carbonyl (C=O) groups excluding carboxylic acids is 4. The molecule has 0 spiro atoms. The predicted octanol–water partition coefficient (Wildman–Crippen LogP) is 1.14. The molecule has 0 saturated heterocycles. The van der Waals surface area contributed by atoms with Crippen molar-refractivity contribution in [3.63, 3.8) is 0 Å². The monoisotopic (exact) mass is 466 g/mol. The Morgan fingerprint density at radius 3 is 2.18 bits per heavy atom. The lowest BCUT2D eigenvalue weighted by molar-refractivity contribution is -0.154. The first-order chi connectivity index (χ1) is 15.3. The van der Waals surface area contributed by atoms with Crippen LogP contribution < -0.4 is 21.8 Å². The van der Waals surface area contributed by atoms with Gasteiger partial charge in [0, 0.05) is 0 Å². The van der Waals surface area contributed by atoms with Crippen LogP contribution in [0.3, 0.4) is 0 Å². The number of alkyl carbamates (subject to hydrolysis) is 1. The summed E-state index contributed by atoms with van der Waals surface area (Å²) in [5.74, 6) is -1.90. The highest BCUT2D eigenvalue weighted by Gasteiger charge is 2.33. The number of hydrogen-bond acceptors (Lipinski definition) is 7. The van der Waals surface area contributed by atoms with Crippen LogP contribution >= 0.6 is 0 Å². The van der Waals surface area contributed by atoms with Crippen LogP contribution in [0.4, 0.5) is 9.59 Å². The van der Waals surface area contributed by atoms with Crippen molar-refractivity contribution in [3.8, 4) is 0 Å². The number of rotatable bonds is 9. The van der Waals surface area contributed by atoms with Crippen LogP contribution in [-0.4, -0.2) is 52.9 Å². The summed E-state index contributed by atoms with van der Waals surface area (Å²) in [7, 11) is 0. The van der Waals surface area contributed by atoms with E-state index in [2.05, 4.69) is 15.5 Å². The number of aliphatic hydroxyl groups is 1. The molecule has 0 aromatic heterocycles. The summed E-state index contributed by atoms with van der Waals surface area (Å²) in [5.41, 5.74) is 6.57. The Labute approximate surface area is 193 Å². The molecule has 0 aliphatic heterocycles. The molecule has 33 heavy (non-hydrogen) atoms. The van der Waals surface area contributed by atoms with E-state index < -0.39 is 47.8 Å². The highest BCUT2D eigenvalue weighted by molar-refractivity contribution is 5.88. The molecule has 0 aliphatic carbocycles. The molecule has 0 bridgehead atoms. The van der Waals surface area contributed by atoms with Gasteiger partial charge in [-0.05, 0) is 45.1 Å². The Balaban J connectivity index is 3.00. The minimum atomic E-state index is -1.72. The predicted molar refractivity (Wildman–Crippen MR) is 120 cm³/mol.